The Morgan fingerprint density at radius 3 is 2.29 bits per heavy atom. The van der Waals surface area contributed by atoms with Crippen molar-refractivity contribution in [2.24, 2.45) is 5.73 Å². The second-order valence-corrected chi connectivity index (χ2v) is 5.27. The highest BCUT2D eigenvalue weighted by Crippen LogP contribution is 2.12. The van der Waals surface area contributed by atoms with Crippen molar-refractivity contribution < 1.29 is 4.79 Å². The molecule has 0 fully saturated rings. The molecule has 0 rings (SSSR count). The number of hydrogen-bond acceptors (Lipinski definition) is 2. The smallest absolute Gasteiger partial charge is 0.240 e. The van der Waals surface area contributed by atoms with Crippen molar-refractivity contribution in [3.05, 3.63) is 0 Å². The van der Waals surface area contributed by atoms with Crippen molar-refractivity contribution in [1.82, 2.24) is 5.32 Å². The van der Waals surface area contributed by atoms with Crippen molar-refractivity contribution >= 4 is 5.91 Å². The van der Waals surface area contributed by atoms with Gasteiger partial charge in [-0.3, -0.25) is 4.79 Å². The maximum absolute atomic E-state index is 12.1. The molecular formula is C14H30N2O. The van der Waals surface area contributed by atoms with Crippen LogP contribution in [0, 0.1) is 0 Å². The van der Waals surface area contributed by atoms with Crippen LogP contribution in [0.1, 0.15) is 72.6 Å². The minimum absolute atomic E-state index is 0.00824. The van der Waals surface area contributed by atoms with E-state index in [9.17, 15) is 4.79 Å². The van der Waals surface area contributed by atoms with Crippen LogP contribution in [0.5, 0.6) is 0 Å². The maximum atomic E-state index is 12.1. The Kier molecular flexibility index (Phi) is 8.23. The Hall–Kier alpha value is -0.570. The topological polar surface area (TPSA) is 55.1 Å². The molecule has 0 aromatic rings. The van der Waals surface area contributed by atoms with E-state index in [2.05, 4.69) is 26.1 Å². The zero-order valence-electron chi connectivity index (χ0n) is 12.0. The summed E-state index contributed by atoms with van der Waals surface area (Å²) in [5.74, 6) is 0.00824. The summed E-state index contributed by atoms with van der Waals surface area (Å²) in [6.07, 6.45) is 7.24. The minimum Gasteiger partial charge on any atom is -0.352 e. The summed E-state index contributed by atoms with van der Waals surface area (Å²) in [5.41, 5.74) is 5.32. The molecule has 0 saturated carbocycles. The Bertz CT molecular complexity index is 214. The van der Waals surface area contributed by atoms with Crippen LogP contribution in [0.3, 0.4) is 0 Å². The molecule has 102 valence electrons. The van der Waals surface area contributed by atoms with Crippen LogP contribution in [-0.2, 0) is 4.79 Å². The molecule has 2 unspecified atom stereocenters. The van der Waals surface area contributed by atoms with Gasteiger partial charge >= 0.3 is 0 Å². The molecule has 3 N–H and O–H groups in total. The van der Waals surface area contributed by atoms with Gasteiger partial charge in [-0.05, 0) is 26.2 Å². The zero-order chi connectivity index (χ0) is 13.3. The fraction of sp³-hybridized carbons (Fsp3) is 0.929. The highest BCUT2D eigenvalue weighted by Gasteiger charge is 2.28. The molecule has 0 bridgehead atoms. The molecule has 0 aromatic carbocycles. The average Bonchev–Trinajstić information content (AvgIpc) is 2.26. The van der Waals surface area contributed by atoms with E-state index in [1.807, 2.05) is 6.92 Å². The predicted octanol–water partition coefficient (Wildman–Crippen LogP) is 2.98. The Morgan fingerprint density at radius 1 is 1.18 bits per heavy atom. The van der Waals surface area contributed by atoms with E-state index in [-0.39, 0.29) is 5.91 Å². The van der Waals surface area contributed by atoms with E-state index in [0.717, 1.165) is 32.1 Å². The fourth-order valence-electron chi connectivity index (χ4n) is 2.07. The van der Waals surface area contributed by atoms with E-state index < -0.39 is 5.54 Å². The number of hydrogen-bond donors (Lipinski definition) is 2. The number of amides is 1. The van der Waals surface area contributed by atoms with Crippen molar-refractivity contribution in [3.63, 3.8) is 0 Å². The van der Waals surface area contributed by atoms with Gasteiger partial charge in [0.2, 0.25) is 5.91 Å². The summed E-state index contributed by atoms with van der Waals surface area (Å²) in [4.78, 5) is 12.1. The largest absolute Gasteiger partial charge is 0.352 e. The van der Waals surface area contributed by atoms with Gasteiger partial charge < -0.3 is 11.1 Å². The van der Waals surface area contributed by atoms with Crippen LogP contribution >= 0.6 is 0 Å². The van der Waals surface area contributed by atoms with Crippen LogP contribution in [0.2, 0.25) is 0 Å². The first-order valence-corrected chi connectivity index (χ1v) is 7.07. The van der Waals surface area contributed by atoms with Gasteiger partial charge in [0, 0.05) is 6.04 Å². The third-order valence-corrected chi connectivity index (χ3v) is 3.17. The molecule has 3 nitrogen and oxygen atoms in total. The van der Waals surface area contributed by atoms with Crippen LogP contribution in [0.4, 0.5) is 0 Å². The quantitative estimate of drug-likeness (QED) is 0.653. The van der Waals surface area contributed by atoms with Gasteiger partial charge in [0.15, 0.2) is 0 Å². The van der Waals surface area contributed by atoms with Gasteiger partial charge in [-0.25, -0.2) is 0 Å². The van der Waals surface area contributed by atoms with Gasteiger partial charge in [0.25, 0.3) is 0 Å². The van der Waals surface area contributed by atoms with E-state index in [4.69, 9.17) is 5.73 Å². The van der Waals surface area contributed by atoms with Gasteiger partial charge in [-0.1, -0.05) is 46.5 Å². The lowest BCUT2D eigenvalue weighted by Gasteiger charge is -2.27. The fourth-order valence-corrected chi connectivity index (χ4v) is 2.07. The SMILES string of the molecule is CCCCC(CCC)NC(=O)C(C)(N)CCC. The van der Waals surface area contributed by atoms with E-state index in [1.165, 1.54) is 12.8 Å². The lowest BCUT2D eigenvalue weighted by atomic mass is 9.95. The third-order valence-electron chi connectivity index (χ3n) is 3.17. The molecule has 0 aliphatic heterocycles. The molecule has 0 heterocycles. The van der Waals surface area contributed by atoms with Crippen LogP contribution in [0.25, 0.3) is 0 Å². The minimum atomic E-state index is -0.715. The third kappa shape index (κ3) is 6.67. The highest BCUT2D eigenvalue weighted by atomic mass is 16.2. The molecule has 2 atom stereocenters. The van der Waals surface area contributed by atoms with Gasteiger partial charge in [0.05, 0.1) is 5.54 Å². The van der Waals surface area contributed by atoms with Crippen molar-refractivity contribution in [2.45, 2.75) is 84.2 Å². The summed E-state index contributed by atoms with van der Waals surface area (Å²) >= 11 is 0. The van der Waals surface area contributed by atoms with Gasteiger partial charge in [0.1, 0.15) is 0 Å². The molecule has 1 amide bonds. The second kappa shape index (κ2) is 8.51. The maximum Gasteiger partial charge on any atom is 0.240 e. The number of nitrogens with two attached hydrogens (primary N) is 1. The molecule has 0 spiro atoms. The number of carbonyl (C=O) groups excluding carboxylic acids is 1. The van der Waals surface area contributed by atoms with Crippen LogP contribution < -0.4 is 11.1 Å². The molecular weight excluding hydrogens is 212 g/mol. The predicted molar refractivity (Wildman–Crippen MR) is 73.9 cm³/mol. The van der Waals surface area contributed by atoms with E-state index >= 15 is 0 Å². The van der Waals surface area contributed by atoms with Crippen molar-refractivity contribution in [3.8, 4) is 0 Å². The Balaban J connectivity index is 4.27. The summed E-state index contributed by atoms with van der Waals surface area (Å²) in [5, 5.41) is 3.11. The molecule has 0 aromatic heterocycles. The van der Waals surface area contributed by atoms with Crippen molar-refractivity contribution in [1.29, 1.82) is 0 Å². The molecule has 3 heteroatoms. The number of carbonyl (C=O) groups is 1. The summed E-state index contributed by atoms with van der Waals surface area (Å²) in [6, 6.07) is 0.298. The van der Waals surface area contributed by atoms with Crippen molar-refractivity contribution in [2.75, 3.05) is 0 Å². The normalized spacial score (nSPS) is 16.3. The number of rotatable bonds is 9. The first-order chi connectivity index (χ1) is 7.97. The summed E-state index contributed by atoms with van der Waals surface area (Å²) in [6.45, 7) is 8.21. The van der Waals surface area contributed by atoms with Crippen LogP contribution in [-0.4, -0.2) is 17.5 Å². The number of nitrogens with one attached hydrogen (secondary N) is 1. The Morgan fingerprint density at radius 2 is 1.82 bits per heavy atom. The molecule has 0 radical (unpaired) electrons. The lowest BCUT2D eigenvalue weighted by Crippen LogP contribution is -2.54. The first-order valence-electron chi connectivity index (χ1n) is 7.07. The Labute approximate surface area is 107 Å². The first kappa shape index (κ1) is 16.4. The molecule has 0 saturated heterocycles. The number of unbranched alkanes of at least 4 members (excludes halogenated alkanes) is 1. The zero-order valence-corrected chi connectivity index (χ0v) is 12.0. The highest BCUT2D eigenvalue weighted by molar-refractivity contribution is 5.85. The standard InChI is InChI=1S/C14H30N2O/c1-5-8-10-12(9-6-2)16-13(17)14(4,15)11-7-3/h12H,5-11,15H2,1-4H3,(H,16,17). The molecule has 0 aliphatic carbocycles. The van der Waals surface area contributed by atoms with Gasteiger partial charge in [-0.2, -0.15) is 0 Å². The average molecular weight is 242 g/mol. The van der Waals surface area contributed by atoms with E-state index in [0.29, 0.717) is 6.04 Å². The summed E-state index contributed by atoms with van der Waals surface area (Å²) < 4.78 is 0. The van der Waals surface area contributed by atoms with Gasteiger partial charge in [-0.15, -0.1) is 0 Å². The molecule has 0 aliphatic rings. The monoisotopic (exact) mass is 242 g/mol. The molecule has 17 heavy (non-hydrogen) atoms. The van der Waals surface area contributed by atoms with Crippen LogP contribution in [0.15, 0.2) is 0 Å². The second-order valence-electron chi connectivity index (χ2n) is 5.27. The van der Waals surface area contributed by atoms with E-state index in [1.54, 1.807) is 0 Å². The lowest BCUT2D eigenvalue weighted by molar-refractivity contribution is -0.126. The summed E-state index contributed by atoms with van der Waals surface area (Å²) in [7, 11) is 0.